The van der Waals surface area contributed by atoms with Crippen molar-refractivity contribution in [1.82, 2.24) is 15.4 Å². The summed E-state index contributed by atoms with van der Waals surface area (Å²) in [6, 6.07) is 3.03. The molecule has 1 N–H and O–H groups in total. The zero-order valence-corrected chi connectivity index (χ0v) is 10.3. The summed E-state index contributed by atoms with van der Waals surface area (Å²) in [5, 5.41) is 17.9. The number of rotatable bonds is 3. The van der Waals surface area contributed by atoms with Gasteiger partial charge in [0.2, 0.25) is 0 Å². The maximum atomic E-state index is 13.9. The third-order valence-corrected chi connectivity index (χ3v) is 2.45. The largest absolute Gasteiger partial charge is 0.461 e. The number of aromatic nitrogens is 3. The van der Waals surface area contributed by atoms with Gasteiger partial charge in [0.1, 0.15) is 23.4 Å². The Morgan fingerprint density at radius 1 is 1.40 bits per heavy atom. The first-order chi connectivity index (χ1) is 9.58. The van der Waals surface area contributed by atoms with Gasteiger partial charge in [-0.25, -0.2) is 13.6 Å². The molecular formula is C12H8F2N4O2. The molecule has 0 spiro atoms. The predicted octanol–water partition coefficient (Wildman–Crippen LogP) is 1.80. The van der Waals surface area contributed by atoms with Gasteiger partial charge in [0.15, 0.2) is 5.69 Å². The van der Waals surface area contributed by atoms with Crippen molar-refractivity contribution in [1.29, 1.82) is 5.26 Å². The van der Waals surface area contributed by atoms with Crippen LogP contribution in [-0.2, 0) is 4.74 Å². The number of H-pyrrole nitrogens is 1. The minimum atomic E-state index is -0.915. The number of carbonyl (C=O) groups is 1. The first-order valence-corrected chi connectivity index (χ1v) is 5.55. The summed E-state index contributed by atoms with van der Waals surface area (Å²) >= 11 is 0. The molecule has 8 heteroatoms. The number of nitrogens with zero attached hydrogens (tertiary/aromatic N) is 3. The maximum absolute atomic E-state index is 13.9. The number of nitriles is 1. The summed E-state index contributed by atoms with van der Waals surface area (Å²) in [4.78, 5) is 11.6. The third-order valence-electron chi connectivity index (χ3n) is 2.45. The Morgan fingerprint density at radius 2 is 2.15 bits per heavy atom. The number of hydrogen-bond acceptors (Lipinski definition) is 5. The molecule has 20 heavy (non-hydrogen) atoms. The molecule has 2 rings (SSSR count). The van der Waals surface area contributed by atoms with Crippen LogP contribution < -0.4 is 0 Å². The van der Waals surface area contributed by atoms with E-state index >= 15 is 0 Å². The van der Waals surface area contributed by atoms with E-state index in [2.05, 4.69) is 15.4 Å². The van der Waals surface area contributed by atoms with Crippen LogP contribution in [0, 0.1) is 23.0 Å². The van der Waals surface area contributed by atoms with Gasteiger partial charge in [0, 0.05) is 5.56 Å². The molecule has 0 atom stereocenters. The van der Waals surface area contributed by atoms with Crippen molar-refractivity contribution in [2.75, 3.05) is 6.61 Å². The van der Waals surface area contributed by atoms with E-state index in [1.54, 1.807) is 6.92 Å². The number of ether oxygens (including phenoxy) is 1. The molecule has 2 aromatic rings. The van der Waals surface area contributed by atoms with E-state index in [0.717, 1.165) is 12.1 Å². The molecule has 6 nitrogen and oxygen atoms in total. The molecule has 0 radical (unpaired) electrons. The molecule has 1 heterocycles. The Morgan fingerprint density at radius 3 is 2.80 bits per heavy atom. The van der Waals surface area contributed by atoms with Crippen molar-refractivity contribution in [2.45, 2.75) is 6.92 Å². The van der Waals surface area contributed by atoms with E-state index in [4.69, 9.17) is 10.00 Å². The molecule has 0 saturated carbocycles. The molecule has 0 aliphatic heterocycles. The zero-order valence-electron chi connectivity index (χ0n) is 10.3. The molecule has 102 valence electrons. The Hall–Kier alpha value is -2.82. The summed E-state index contributed by atoms with van der Waals surface area (Å²) < 4.78 is 32.1. The van der Waals surface area contributed by atoms with Gasteiger partial charge in [0.05, 0.1) is 12.2 Å². The van der Waals surface area contributed by atoms with Gasteiger partial charge in [-0.2, -0.15) is 15.6 Å². The van der Waals surface area contributed by atoms with Gasteiger partial charge >= 0.3 is 5.97 Å². The van der Waals surface area contributed by atoms with Gasteiger partial charge in [0.25, 0.3) is 0 Å². The van der Waals surface area contributed by atoms with Crippen molar-refractivity contribution in [3.63, 3.8) is 0 Å². The molecule has 0 aliphatic rings. The number of nitrogens with one attached hydrogen (secondary N) is 1. The Labute approximate surface area is 112 Å². The second kappa shape index (κ2) is 5.44. The summed E-state index contributed by atoms with van der Waals surface area (Å²) in [6.45, 7) is 1.70. The highest BCUT2D eigenvalue weighted by Gasteiger charge is 2.22. The van der Waals surface area contributed by atoms with Crippen LogP contribution in [0.3, 0.4) is 0 Å². The van der Waals surface area contributed by atoms with Crippen molar-refractivity contribution < 1.29 is 18.3 Å². The van der Waals surface area contributed by atoms with Gasteiger partial charge < -0.3 is 4.74 Å². The predicted molar refractivity (Wildman–Crippen MR) is 62.4 cm³/mol. The van der Waals surface area contributed by atoms with E-state index in [-0.39, 0.29) is 23.6 Å². The van der Waals surface area contributed by atoms with E-state index < -0.39 is 23.2 Å². The third kappa shape index (κ3) is 2.33. The summed E-state index contributed by atoms with van der Waals surface area (Å²) in [5.41, 5.74) is -1.15. The number of halogens is 2. The monoisotopic (exact) mass is 278 g/mol. The molecule has 0 saturated heterocycles. The van der Waals surface area contributed by atoms with E-state index in [9.17, 15) is 13.6 Å². The van der Waals surface area contributed by atoms with Crippen LogP contribution in [0.4, 0.5) is 8.78 Å². The Kier molecular flexibility index (Phi) is 3.70. The number of hydrogen-bond donors (Lipinski definition) is 1. The number of carbonyl (C=O) groups excluding carboxylic acids is 1. The Balaban J connectivity index is 2.54. The van der Waals surface area contributed by atoms with Crippen molar-refractivity contribution in [3.05, 3.63) is 35.0 Å². The average Bonchev–Trinajstić information content (AvgIpc) is 2.90. The second-order valence-corrected chi connectivity index (χ2v) is 3.66. The Bertz CT molecular complexity index is 706. The average molecular weight is 278 g/mol. The quantitative estimate of drug-likeness (QED) is 0.864. The highest BCUT2D eigenvalue weighted by molar-refractivity contribution is 5.94. The molecule has 0 fully saturated rings. The van der Waals surface area contributed by atoms with Crippen molar-refractivity contribution >= 4 is 5.97 Å². The zero-order chi connectivity index (χ0) is 14.7. The summed E-state index contributed by atoms with van der Waals surface area (Å²) in [7, 11) is 0. The molecule has 1 aromatic heterocycles. The fourth-order valence-electron chi connectivity index (χ4n) is 1.57. The molecule has 1 aromatic carbocycles. The molecule has 0 bridgehead atoms. The lowest BCUT2D eigenvalue weighted by atomic mass is 10.1. The van der Waals surface area contributed by atoms with Crippen LogP contribution in [-0.4, -0.2) is 28.0 Å². The van der Waals surface area contributed by atoms with E-state index in [0.29, 0.717) is 0 Å². The van der Waals surface area contributed by atoms with Gasteiger partial charge in [-0.15, -0.1) is 5.10 Å². The van der Waals surface area contributed by atoms with E-state index in [1.807, 2.05) is 0 Å². The standard InChI is InChI=1S/C12H8F2N4O2/c1-2-20-12(19)11-10(16-18-17-11)7-4-8(13)6(5-15)3-9(7)14/h3-4H,2H2,1H3,(H,16,17,18). The van der Waals surface area contributed by atoms with Gasteiger partial charge in [-0.05, 0) is 19.1 Å². The fraction of sp³-hybridized carbons (Fsp3) is 0.167. The smallest absolute Gasteiger partial charge is 0.361 e. The van der Waals surface area contributed by atoms with Crippen LogP contribution in [0.15, 0.2) is 12.1 Å². The van der Waals surface area contributed by atoms with Crippen LogP contribution in [0.25, 0.3) is 11.3 Å². The number of aromatic amines is 1. The maximum Gasteiger partial charge on any atom is 0.361 e. The molecular weight excluding hydrogens is 270 g/mol. The highest BCUT2D eigenvalue weighted by Crippen LogP contribution is 2.26. The second-order valence-electron chi connectivity index (χ2n) is 3.66. The first kappa shape index (κ1) is 13.6. The van der Waals surface area contributed by atoms with Crippen molar-refractivity contribution in [3.8, 4) is 17.3 Å². The minimum absolute atomic E-state index is 0.106. The van der Waals surface area contributed by atoms with Gasteiger partial charge in [-0.3, -0.25) is 0 Å². The van der Waals surface area contributed by atoms with Crippen LogP contribution in [0.2, 0.25) is 0 Å². The normalized spacial score (nSPS) is 10.1. The van der Waals surface area contributed by atoms with Crippen molar-refractivity contribution in [2.24, 2.45) is 0 Å². The van der Waals surface area contributed by atoms with E-state index in [1.165, 1.54) is 6.07 Å². The summed E-state index contributed by atoms with van der Waals surface area (Å²) in [5.74, 6) is -2.61. The van der Waals surface area contributed by atoms with Crippen LogP contribution in [0.1, 0.15) is 23.0 Å². The number of benzene rings is 1. The lowest BCUT2D eigenvalue weighted by Gasteiger charge is -2.03. The highest BCUT2D eigenvalue weighted by atomic mass is 19.1. The molecule has 0 unspecified atom stereocenters. The first-order valence-electron chi connectivity index (χ1n) is 5.55. The summed E-state index contributed by atoms with van der Waals surface area (Å²) in [6.07, 6.45) is 0. The SMILES string of the molecule is CCOC(=O)c1n[nH]nc1-c1cc(F)c(C#N)cc1F. The minimum Gasteiger partial charge on any atom is -0.461 e. The van der Waals surface area contributed by atoms with Crippen LogP contribution >= 0.6 is 0 Å². The topological polar surface area (TPSA) is 91.7 Å². The lowest BCUT2D eigenvalue weighted by molar-refractivity contribution is 0.0520. The molecule has 0 aliphatic carbocycles. The fourth-order valence-corrected chi connectivity index (χ4v) is 1.57. The number of esters is 1. The van der Waals surface area contributed by atoms with Crippen LogP contribution in [0.5, 0.6) is 0 Å². The van der Waals surface area contributed by atoms with Gasteiger partial charge in [-0.1, -0.05) is 0 Å². The lowest BCUT2D eigenvalue weighted by Crippen LogP contribution is -2.07. The molecule has 0 amide bonds.